The highest BCUT2D eigenvalue weighted by Crippen LogP contribution is 2.27. The standard InChI is InChI=1S/C13H10N2O3/c16-9-10-5-1-2-6-11(10)14-12-7-3-4-8-13(12)15(17)18/h1-9,14H. The molecule has 0 spiro atoms. The lowest BCUT2D eigenvalue weighted by atomic mass is 10.2. The number of anilines is 2. The zero-order valence-corrected chi connectivity index (χ0v) is 9.37. The maximum Gasteiger partial charge on any atom is 0.292 e. The van der Waals surface area contributed by atoms with E-state index < -0.39 is 4.92 Å². The van der Waals surface area contributed by atoms with Crippen molar-refractivity contribution in [3.8, 4) is 0 Å². The average Bonchev–Trinajstić information content (AvgIpc) is 2.40. The summed E-state index contributed by atoms with van der Waals surface area (Å²) < 4.78 is 0. The van der Waals surface area contributed by atoms with Gasteiger partial charge in [-0.05, 0) is 18.2 Å². The third-order valence-electron chi connectivity index (χ3n) is 2.46. The van der Waals surface area contributed by atoms with Crippen molar-refractivity contribution in [2.75, 3.05) is 5.32 Å². The summed E-state index contributed by atoms with van der Waals surface area (Å²) in [7, 11) is 0. The molecule has 0 aliphatic heterocycles. The molecule has 0 radical (unpaired) electrons. The summed E-state index contributed by atoms with van der Waals surface area (Å²) in [6.45, 7) is 0. The Balaban J connectivity index is 2.40. The Morgan fingerprint density at radius 1 is 1.00 bits per heavy atom. The van der Waals surface area contributed by atoms with Crippen molar-refractivity contribution in [3.05, 3.63) is 64.2 Å². The molecular formula is C13H10N2O3. The Hall–Kier alpha value is -2.69. The second-order valence-corrected chi connectivity index (χ2v) is 3.60. The van der Waals surface area contributed by atoms with Crippen molar-refractivity contribution in [1.82, 2.24) is 0 Å². The van der Waals surface area contributed by atoms with Gasteiger partial charge in [-0.15, -0.1) is 0 Å². The van der Waals surface area contributed by atoms with E-state index in [1.54, 1.807) is 42.5 Å². The number of nitro benzene ring substituents is 1. The van der Waals surface area contributed by atoms with Gasteiger partial charge in [-0.1, -0.05) is 24.3 Å². The minimum atomic E-state index is -0.466. The van der Waals surface area contributed by atoms with Crippen LogP contribution in [-0.4, -0.2) is 11.2 Å². The van der Waals surface area contributed by atoms with Crippen LogP contribution in [0.2, 0.25) is 0 Å². The van der Waals surface area contributed by atoms with Crippen LogP contribution in [0.25, 0.3) is 0 Å². The molecule has 2 aromatic rings. The highest BCUT2D eigenvalue weighted by atomic mass is 16.6. The number of rotatable bonds is 4. The van der Waals surface area contributed by atoms with Gasteiger partial charge in [-0.2, -0.15) is 0 Å². The number of para-hydroxylation sites is 3. The molecule has 18 heavy (non-hydrogen) atoms. The lowest BCUT2D eigenvalue weighted by Crippen LogP contribution is -1.98. The topological polar surface area (TPSA) is 72.2 Å². The molecule has 0 aliphatic rings. The van der Waals surface area contributed by atoms with E-state index in [-0.39, 0.29) is 5.69 Å². The number of aldehydes is 1. The van der Waals surface area contributed by atoms with Gasteiger partial charge >= 0.3 is 0 Å². The van der Waals surface area contributed by atoms with Crippen molar-refractivity contribution in [2.45, 2.75) is 0 Å². The van der Waals surface area contributed by atoms with E-state index in [0.717, 1.165) is 0 Å². The number of benzene rings is 2. The molecule has 1 N–H and O–H groups in total. The molecule has 5 heteroatoms. The van der Waals surface area contributed by atoms with Gasteiger partial charge in [0.15, 0.2) is 6.29 Å². The number of nitrogens with zero attached hydrogens (tertiary/aromatic N) is 1. The van der Waals surface area contributed by atoms with Gasteiger partial charge in [0.05, 0.1) is 4.92 Å². The molecule has 2 aromatic carbocycles. The molecule has 2 rings (SSSR count). The molecule has 0 bridgehead atoms. The Morgan fingerprint density at radius 2 is 1.61 bits per heavy atom. The summed E-state index contributed by atoms with van der Waals surface area (Å²) in [5.74, 6) is 0. The van der Waals surface area contributed by atoms with Crippen LogP contribution in [0.4, 0.5) is 17.1 Å². The van der Waals surface area contributed by atoms with Gasteiger partial charge in [0.25, 0.3) is 5.69 Å². The normalized spacial score (nSPS) is 9.78. The minimum Gasteiger partial charge on any atom is -0.349 e. The molecule has 0 saturated heterocycles. The van der Waals surface area contributed by atoms with E-state index in [1.807, 2.05) is 0 Å². The van der Waals surface area contributed by atoms with Gasteiger partial charge in [0.1, 0.15) is 5.69 Å². The van der Waals surface area contributed by atoms with Crippen LogP contribution in [0.5, 0.6) is 0 Å². The Bertz CT molecular complexity index is 596. The summed E-state index contributed by atoms with van der Waals surface area (Å²) in [5.41, 5.74) is 1.33. The van der Waals surface area contributed by atoms with Crippen LogP contribution in [0.15, 0.2) is 48.5 Å². The molecular weight excluding hydrogens is 232 g/mol. The summed E-state index contributed by atoms with van der Waals surface area (Å²) in [4.78, 5) is 21.3. The quantitative estimate of drug-likeness (QED) is 0.507. The van der Waals surface area contributed by atoms with E-state index in [9.17, 15) is 14.9 Å². The number of hydrogen-bond acceptors (Lipinski definition) is 4. The van der Waals surface area contributed by atoms with Crippen LogP contribution >= 0.6 is 0 Å². The molecule has 5 nitrogen and oxygen atoms in total. The molecule has 0 fully saturated rings. The lowest BCUT2D eigenvalue weighted by molar-refractivity contribution is -0.383. The van der Waals surface area contributed by atoms with Crippen molar-refractivity contribution < 1.29 is 9.72 Å². The van der Waals surface area contributed by atoms with E-state index in [0.29, 0.717) is 23.2 Å². The third-order valence-corrected chi connectivity index (χ3v) is 2.46. The highest BCUT2D eigenvalue weighted by molar-refractivity contribution is 5.86. The number of carbonyl (C=O) groups is 1. The van der Waals surface area contributed by atoms with Crippen molar-refractivity contribution >= 4 is 23.3 Å². The predicted molar refractivity (Wildman–Crippen MR) is 68.2 cm³/mol. The molecule has 0 amide bonds. The Labute approximate surface area is 103 Å². The first-order valence-corrected chi connectivity index (χ1v) is 5.27. The van der Waals surface area contributed by atoms with Gasteiger partial charge in [0.2, 0.25) is 0 Å². The second-order valence-electron chi connectivity index (χ2n) is 3.60. The Morgan fingerprint density at radius 3 is 2.28 bits per heavy atom. The predicted octanol–water partition coefficient (Wildman–Crippen LogP) is 3.15. The fraction of sp³-hybridized carbons (Fsp3) is 0. The second kappa shape index (κ2) is 5.09. The average molecular weight is 242 g/mol. The van der Waals surface area contributed by atoms with Gasteiger partial charge in [0, 0.05) is 17.3 Å². The highest BCUT2D eigenvalue weighted by Gasteiger charge is 2.13. The fourth-order valence-corrected chi connectivity index (χ4v) is 1.60. The maximum absolute atomic E-state index is 10.9. The van der Waals surface area contributed by atoms with Crippen LogP contribution in [0.1, 0.15) is 10.4 Å². The molecule has 90 valence electrons. The largest absolute Gasteiger partial charge is 0.349 e. The number of nitrogens with one attached hydrogen (secondary N) is 1. The number of nitro groups is 1. The molecule has 0 saturated carbocycles. The summed E-state index contributed by atoms with van der Waals surface area (Å²) in [6, 6.07) is 13.1. The molecule has 0 heterocycles. The van der Waals surface area contributed by atoms with Crippen LogP contribution < -0.4 is 5.32 Å². The van der Waals surface area contributed by atoms with E-state index in [1.165, 1.54) is 6.07 Å². The van der Waals surface area contributed by atoms with E-state index in [2.05, 4.69) is 5.32 Å². The van der Waals surface area contributed by atoms with Crippen molar-refractivity contribution in [2.24, 2.45) is 0 Å². The SMILES string of the molecule is O=Cc1ccccc1Nc1ccccc1[N+](=O)[O-]. The smallest absolute Gasteiger partial charge is 0.292 e. The fourth-order valence-electron chi connectivity index (χ4n) is 1.60. The van der Waals surface area contributed by atoms with Crippen molar-refractivity contribution in [1.29, 1.82) is 0 Å². The zero-order chi connectivity index (χ0) is 13.0. The van der Waals surface area contributed by atoms with Gasteiger partial charge < -0.3 is 5.32 Å². The van der Waals surface area contributed by atoms with Crippen LogP contribution in [0.3, 0.4) is 0 Å². The minimum absolute atomic E-state index is 0.0294. The molecule has 0 aliphatic carbocycles. The first-order valence-electron chi connectivity index (χ1n) is 5.27. The summed E-state index contributed by atoms with van der Waals surface area (Å²) in [6.07, 6.45) is 0.705. The van der Waals surface area contributed by atoms with Gasteiger partial charge in [-0.3, -0.25) is 14.9 Å². The van der Waals surface area contributed by atoms with Crippen molar-refractivity contribution in [3.63, 3.8) is 0 Å². The third kappa shape index (κ3) is 2.35. The summed E-state index contributed by atoms with van der Waals surface area (Å²) in [5, 5.41) is 13.8. The Kier molecular flexibility index (Phi) is 3.33. The first-order chi connectivity index (χ1) is 8.72. The van der Waals surface area contributed by atoms with Gasteiger partial charge in [-0.25, -0.2) is 0 Å². The number of hydrogen-bond donors (Lipinski definition) is 1. The molecule has 0 aromatic heterocycles. The van der Waals surface area contributed by atoms with Crippen LogP contribution in [0, 0.1) is 10.1 Å². The van der Waals surface area contributed by atoms with E-state index in [4.69, 9.17) is 0 Å². The number of carbonyl (C=O) groups excluding carboxylic acids is 1. The first kappa shape index (κ1) is 11.8. The summed E-state index contributed by atoms with van der Waals surface area (Å²) >= 11 is 0. The molecule has 0 unspecified atom stereocenters. The lowest BCUT2D eigenvalue weighted by Gasteiger charge is -2.08. The van der Waals surface area contributed by atoms with Crippen LogP contribution in [-0.2, 0) is 0 Å². The zero-order valence-electron chi connectivity index (χ0n) is 9.37. The maximum atomic E-state index is 10.9. The van der Waals surface area contributed by atoms with E-state index >= 15 is 0 Å². The monoisotopic (exact) mass is 242 g/mol. The molecule has 0 atom stereocenters.